The molecule has 0 saturated carbocycles. The molecule has 0 spiro atoms. The van der Waals surface area contributed by atoms with E-state index in [2.05, 4.69) is 15.2 Å². The first-order chi connectivity index (χ1) is 12.1. The van der Waals surface area contributed by atoms with Gasteiger partial charge in [-0.05, 0) is 18.6 Å². The highest BCUT2D eigenvalue weighted by Crippen LogP contribution is 2.24. The number of aliphatic hydroxyl groups is 1. The summed E-state index contributed by atoms with van der Waals surface area (Å²) in [7, 11) is 0. The normalized spacial score (nSPS) is 20.3. The van der Waals surface area contributed by atoms with Crippen LogP contribution in [0.15, 0.2) is 42.6 Å². The number of β-amino-alcohol motifs (C(OH)–C–C–N with tert-alkyl or cyclic N) is 1. The number of likely N-dealkylation sites (tertiary alicyclic amines) is 1. The fraction of sp³-hybridized carbons (Fsp3) is 0.278. The van der Waals surface area contributed by atoms with Gasteiger partial charge in [-0.15, -0.1) is 0 Å². The zero-order valence-corrected chi connectivity index (χ0v) is 14.1. The number of aromatic nitrogens is 3. The van der Waals surface area contributed by atoms with Crippen molar-refractivity contribution in [2.45, 2.75) is 12.5 Å². The number of fused-ring (bicyclic) bond motifs is 1. The largest absolute Gasteiger partial charge is 0.391 e. The van der Waals surface area contributed by atoms with Crippen LogP contribution in [0.4, 0.5) is 0 Å². The van der Waals surface area contributed by atoms with Crippen molar-refractivity contribution in [2.24, 2.45) is 5.92 Å². The van der Waals surface area contributed by atoms with Crippen LogP contribution >= 0.6 is 11.6 Å². The number of carbonyl (C=O) groups is 1. The van der Waals surface area contributed by atoms with Crippen molar-refractivity contribution in [3.05, 3.63) is 59.0 Å². The second kappa shape index (κ2) is 6.46. The minimum Gasteiger partial charge on any atom is -0.391 e. The Hall–Kier alpha value is -2.44. The van der Waals surface area contributed by atoms with E-state index in [9.17, 15) is 9.90 Å². The van der Waals surface area contributed by atoms with E-state index >= 15 is 0 Å². The summed E-state index contributed by atoms with van der Waals surface area (Å²) < 4.78 is 0. The monoisotopic (exact) mass is 356 g/mol. The van der Waals surface area contributed by atoms with Crippen molar-refractivity contribution in [3.63, 3.8) is 0 Å². The summed E-state index contributed by atoms with van der Waals surface area (Å²) in [6.07, 6.45) is 1.43. The lowest BCUT2D eigenvalue weighted by Crippen LogP contribution is -2.30. The Labute approximate surface area is 149 Å². The number of para-hydroxylation sites is 1. The number of nitrogens with one attached hydrogen (secondary N) is 1. The van der Waals surface area contributed by atoms with E-state index in [1.807, 2.05) is 36.4 Å². The molecule has 25 heavy (non-hydrogen) atoms. The molecule has 6 nitrogen and oxygen atoms in total. The highest BCUT2D eigenvalue weighted by Gasteiger charge is 2.35. The van der Waals surface area contributed by atoms with Gasteiger partial charge in [-0.1, -0.05) is 35.9 Å². The van der Waals surface area contributed by atoms with Gasteiger partial charge in [0.1, 0.15) is 5.69 Å². The van der Waals surface area contributed by atoms with Gasteiger partial charge in [0, 0.05) is 30.1 Å². The molecule has 3 aromatic rings. The highest BCUT2D eigenvalue weighted by molar-refractivity contribution is 6.33. The molecule has 0 radical (unpaired) electrons. The van der Waals surface area contributed by atoms with Crippen LogP contribution < -0.4 is 0 Å². The number of amides is 1. The van der Waals surface area contributed by atoms with E-state index in [1.54, 1.807) is 4.90 Å². The number of benzene rings is 1. The average molecular weight is 357 g/mol. The van der Waals surface area contributed by atoms with Gasteiger partial charge in [0.15, 0.2) is 0 Å². The number of rotatable bonds is 3. The van der Waals surface area contributed by atoms with Crippen LogP contribution in [0.25, 0.3) is 10.9 Å². The molecule has 4 rings (SSSR count). The van der Waals surface area contributed by atoms with Crippen molar-refractivity contribution < 1.29 is 9.90 Å². The molecule has 128 valence electrons. The standard InChI is InChI=1S/C18H17ClN4O2/c19-14-8-20-22-17(14)18(25)23-9-12(16(24)10-23)7-13-6-5-11-3-1-2-4-15(11)21-13/h1-6,8,12,16,24H,7,9-10H2,(H,20,22)/t12-,16-/m1/s1. The molecule has 1 aromatic carbocycles. The first-order valence-corrected chi connectivity index (χ1v) is 8.50. The van der Waals surface area contributed by atoms with Gasteiger partial charge in [-0.2, -0.15) is 5.10 Å². The van der Waals surface area contributed by atoms with E-state index in [0.29, 0.717) is 18.0 Å². The maximum atomic E-state index is 12.5. The molecular weight excluding hydrogens is 340 g/mol. The third-order valence-corrected chi connectivity index (χ3v) is 4.91. The molecular formula is C18H17ClN4O2. The summed E-state index contributed by atoms with van der Waals surface area (Å²) in [6, 6.07) is 11.9. The quantitative estimate of drug-likeness (QED) is 0.754. The van der Waals surface area contributed by atoms with E-state index in [1.165, 1.54) is 6.20 Å². The Balaban J connectivity index is 1.49. The fourth-order valence-corrected chi connectivity index (χ4v) is 3.46. The number of halogens is 1. The lowest BCUT2D eigenvalue weighted by molar-refractivity contribution is 0.0759. The van der Waals surface area contributed by atoms with Gasteiger partial charge < -0.3 is 10.0 Å². The molecule has 2 N–H and O–H groups in total. The van der Waals surface area contributed by atoms with E-state index in [0.717, 1.165) is 16.6 Å². The summed E-state index contributed by atoms with van der Waals surface area (Å²) in [4.78, 5) is 18.8. The molecule has 0 aliphatic carbocycles. The lowest BCUT2D eigenvalue weighted by Gasteiger charge is -2.15. The van der Waals surface area contributed by atoms with Crippen LogP contribution in [0.3, 0.4) is 0 Å². The van der Waals surface area contributed by atoms with E-state index in [-0.39, 0.29) is 24.1 Å². The maximum Gasteiger partial charge on any atom is 0.273 e. The van der Waals surface area contributed by atoms with Crippen LogP contribution in [0.5, 0.6) is 0 Å². The Morgan fingerprint density at radius 2 is 2.12 bits per heavy atom. The predicted molar refractivity (Wildman–Crippen MR) is 94.4 cm³/mol. The Morgan fingerprint density at radius 3 is 2.92 bits per heavy atom. The summed E-state index contributed by atoms with van der Waals surface area (Å²) in [5.74, 6) is -0.296. The van der Waals surface area contributed by atoms with Gasteiger partial charge >= 0.3 is 0 Å². The first kappa shape index (κ1) is 16.1. The second-order valence-corrected chi connectivity index (χ2v) is 6.74. The topological polar surface area (TPSA) is 82.1 Å². The number of H-pyrrole nitrogens is 1. The number of carbonyl (C=O) groups excluding carboxylic acids is 1. The van der Waals surface area contributed by atoms with Gasteiger partial charge in [-0.25, -0.2) is 0 Å². The number of aromatic amines is 1. The van der Waals surface area contributed by atoms with Crippen molar-refractivity contribution >= 4 is 28.4 Å². The molecule has 2 aromatic heterocycles. The molecule has 2 atom stereocenters. The van der Waals surface area contributed by atoms with Crippen LogP contribution in [-0.4, -0.2) is 50.3 Å². The molecule has 1 aliphatic heterocycles. The van der Waals surface area contributed by atoms with Gasteiger partial charge in [0.2, 0.25) is 0 Å². The first-order valence-electron chi connectivity index (χ1n) is 8.12. The van der Waals surface area contributed by atoms with E-state index < -0.39 is 6.10 Å². The summed E-state index contributed by atoms with van der Waals surface area (Å²) in [6.45, 7) is 0.746. The number of hydrogen-bond donors (Lipinski definition) is 2. The van der Waals surface area contributed by atoms with Crippen molar-refractivity contribution in [1.82, 2.24) is 20.1 Å². The van der Waals surface area contributed by atoms with Crippen LogP contribution in [0.2, 0.25) is 5.02 Å². The number of hydrogen-bond acceptors (Lipinski definition) is 4. The Bertz CT molecular complexity index is 926. The molecule has 0 bridgehead atoms. The van der Waals surface area contributed by atoms with Crippen LogP contribution in [-0.2, 0) is 6.42 Å². The minimum atomic E-state index is -0.584. The number of pyridine rings is 1. The van der Waals surface area contributed by atoms with Crippen molar-refractivity contribution in [3.8, 4) is 0 Å². The Morgan fingerprint density at radius 1 is 1.28 bits per heavy atom. The summed E-state index contributed by atoms with van der Waals surface area (Å²) in [5.41, 5.74) is 2.11. The van der Waals surface area contributed by atoms with Gasteiger partial charge in [0.05, 0.1) is 22.8 Å². The maximum absolute atomic E-state index is 12.5. The SMILES string of the molecule is O=C(c1[nH]ncc1Cl)N1C[C@@H](Cc2ccc3ccccc3n2)[C@H](O)C1. The minimum absolute atomic E-state index is 0.0562. The third kappa shape index (κ3) is 3.10. The number of aliphatic hydroxyl groups excluding tert-OH is 1. The second-order valence-electron chi connectivity index (χ2n) is 6.33. The molecule has 1 aliphatic rings. The third-order valence-electron chi connectivity index (χ3n) is 4.63. The fourth-order valence-electron chi connectivity index (χ4n) is 3.29. The Kier molecular flexibility index (Phi) is 4.15. The lowest BCUT2D eigenvalue weighted by atomic mass is 9.99. The van der Waals surface area contributed by atoms with Gasteiger partial charge in [-0.3, -0.25) is 14.9 Å². The average Bonchev–Trinajstić information content (AvgIpc) is 3.20. The number of nitrogens with zero attached hydrogens (tertiary/aromatic N) is 3. The van der Waals surface area contributed by atoms with Crippen molar-refractivity contribution in [1.29, 1.82) is 0 Å². The highest BCUT2D eigenvalue weighted by atomic mass is 35.5. The molecule has 0 unspecified atom stereocenters. The van der Waals surface area contributed by atoms with Crippen LogP contribution in [0.1, 0.15) is 16.2 Å². The van der Waals surface area contributed by atoms with Crippen molar-refractivity contribution in [2.75, 3.05) is 13.1 Å². The smallest absolute Gasteiger partial charge is 0.273 e. The van der Waals surface area contributed by atoms with Gasteiger partial charge in [0.25, 0.3) is 5.91 Å². The summed E-state index contributed by atoms with van der Waals surface area (Å²) >= 11 is 5.96. The molecule has 1 fully saturated rings. The van der Waals surface area contributed by atoms with E-state index in [4.69, 9.17) is 11.6 Å². The molecule has 1 amide bonds. The predicted octanol–water partition coefficient (Wildman–Crippen LogP) is 2.29. The summed E-state index contributed by atoms with van der Waals surface area (Å²) in [5, 5.41) is 18.1. The molecule has 1 saturated heterocycles. The molecule has 3 heterocycles. The zero-order chi connectivity index (χ0) is 17.4. The zero-order valence-electron chi connectivity index (χ0n) is 13.4. The molecule has 7 heteroatoms. The van der Waals surface area contributed by atoms with Crippen LogP contribution in [0, 0.1) is 5.92 Å².